The van der Waals surface area contributed by atoms with E-state index in [9.17, 15) is 22.8 Å². The first-order valence-electron chi connectivity index (χ1n) is 13.4. The fraction of sp³-hybridized carbons (Fsp3) is 0.562. The molecule has 1 fully saturated rings. The molecule has 9 heteroatoms. The van der Waals surface area contributed by atoms with E-state index in [2.05, 4.69) is 29.4 Å². The molecule has 1 saturated heterocycles. The van der Waals surface area contributed by atoms with E-state index in [1.165, 1.54) is 23.3 Å². The summed E-state index contributed by atoms with van der Waals surface area (Å²) in [5.74, 6) is -0.466. The van der Waals surface area contributed by atoms with E-state index in [0.29, 0.717) is 0 Å². The maximum absolute atomic E-state index is 13.4. The number of likely N-dealkylation sites (N-methyl/N-ethyl adjacent to an activating group) is 1. The van der Waals surface area contributed by atoms with Crippen LogP contribution in [-0.4, -0.2) is 66.9 Å². The van der Waals surface area contributed by atoms with Gasteiger partial charge in [-0.05, 0) is 96.0 Å². The van der Waals surface area contributed by atoms with Crippen molar-refractivity contribution in [1.29, 1.82) is 0 Å². The van der Waals surface area contributed by atoms with Crippen LogP contribution in [-0.2, 0) is 12.7 Å². The van der Waals surface area contributed by atoms with Crippen LogP contribution in [0.15, 0.2) is 30.3 Å². The lowest BCUT2D eigenvalue weighted by Gasteiger charge is -2.33. The highest BCUT2D eigenvalue weighted by Crippen LogP contribution is 2.33. The van der Waals surface area contributed by atoms with Crippen molar-refractivity contribution in [1.82, 2.24) is 20.4 Å². The van der Waals surface area contributed by atoms with Crippen molar-refractivity contribution in [3.63, 3.8) is 0 Å². The summed E-state index contributed by atoms with van der Waals surface area (Å²) in [6, 6.07) is 7.81. The second-order valence-electron chi connectivity index (χ2n) is 10.9. The second-order valence-corrected chi connectivity index (χ2v) is 10.9. The summed E-state index contributed by atoms with van der Waals surface area (Å²) in [7, 11) is 2.00. The number of hydrogen-bond acceptors (Lipinski definition) is 4. The van der Waals surface area contributed by atoms with Gasteiger partial charge >= 0.3 is 6.18 Å². The van der Waals surface area contributed by atoms with Crippen LogP contribution in [0.3, 0.4) is 0 Å². The zero-order chi connectivity index (χ0) is 29.5. The predicted molar refractivity (Wildman–Crippen MR) is 164 cm³/mol. The number of alkyl halides is 3. The quantitative estimate of drug-likeness (QED) is 0.404. The predicted octanol–water partition coefficient (Wildman–Crippen LogP) is 6.61. The Morgan fingerprint density at radius 2 is 1.37 bits per heavy atom. The monoisotopic (exact) mass is 580 g/mol. The van der Waals surface area contributed by atoms with Crippen LogP contribution in [0.2, 0.25) is 0 Å². The molecule has 6 nitrogen and oxygen atoms in total. The van der Waals surface area contributed by atoms with Crippen LogP contribution in [0.1, 0.15) is 91.1 Å². The number of benzene rings is 2. The van der Waals surface area contributed by atoms with Crippen molar-refractivity contribution in [2.45, 2.75) is 88.1 Å². The van der Waals surface area contributed by atoms with Gasteiger partial charge in [-0.15, -0.1) is 0 Å². The third-order valence-corrected chi connectivity index (χ3v) is 6.81. The average Bonchev–Trinajstić information content (AvgIpc) is 2.83. The minimum Gasteiger partial charge on any atom is -0.350 e. The van der Waals surface area contributed by atoms with E-state index in [1.807, 2.05) is 44.9 Å². The van der Waals surface area contributed by atoms with Gasteiger partial charge in [-0.1, -0.05) is 27.0 Å². The Labute approximate surface area is 245 Å². The Bertz CT molecular complexity index is 1140. The first-order chi connectivity index (χ1) is 18.1. The molecule has 41 heavy (non-hydrogen) atoms. The number of rotatable bonds is 6. The van der Waals surface area contributed by atoms with Gasteiger partial charge in [0.05, 0.1) is 5.56 Å². The maximum atomic E-state index is 13.4. The first kappa shape index (κ1) is 38.1. The van der Waals surface area contributed by atoms with E-state index < -0.39 is 17.6 Å². The molecule has 3 rings (SSSR count). The highest BCUT2D eigenvalue weighted by Gasteiger charge is 2.34. The maximum Gasteiger partial charge on any atom is 0.416 e. The van der Waals surface area contributed by atoms with Gasteiger partial charge in [0.1, 0.15) is 0 Å². The molecule has 1 heterocycles. The largest absolute Gasteiger partial charge is 0.416 e. The lowest BCUT2D eigenvalue weighted by molar-refractivity contribution is -0.138. The number of aryl methyl sites for hydroxylation is 1. The van der Waals surface area contributed by atoms with Gasteiger partial charge in [0.15, 0.2) is 0 Å². The molecule has 0 aromatic heterocycles. The summed E-state index contributed by atoms with van der Waals surface area (Å²) in [4.78, 5) is 28.0. The summed E-state index contributed by atoms with van der Waals surface area (Å²) in [6.45, 7) is 17.0. The molecule has 0 atom stereocenters. The highest BCUT2D eigenvalue weighted by molar-refractivity contribution is 5.96. The Balaban J connectivity index is 0.000000819. The summed E-state index contributed by atoms with van der Waals surface area (Å²) in [5.41, 5.74) is 3.82. The molecular weight excluding hydrogens is 529 g/mol. The van der Waals surface area contributed by atoms with Gasteiger partial charge in [-0.3, -0.25) is 14.5 Å². The second kappa shape index (κ2) is 16.5. The molecule has 1 aliphatic heterocycles. The minimum atomic E-state index is -4.48. The summed E-state index contributed by atoms with van der Waals surface area (Å²) in [5, 5.41) is 5.53. The van der Waals surface area contributed by atoms with Crippen molar-refractivity contribution in [2.24, 2.45) is 0 Å². The Morgan fingerprint density at radius 3 is 1.88 bits per heavy atom. The van der Waals surface area contributed by atoms with Gasteiger partial charge in [0, 0.05) is 55.9 Å². The fourth-order valence-electron chi connectivity index (χ4n) is 4.25. The third-order valence-electron chi connectivity index (χ3n) is 6.81. The number of nitrogens with zero attached hydrogens (tertiary/aromatic N) is 2. The zero-order valence-electron chi connectivity index (χ0n) is 24.4. The van der Waals surface area contributed by atoms with Gasteiger partial charge < -0.3 is 15.5 Å². The fourth-order valence-corrected chi connectivity index (χ4v) is 4.25. The Morgan fingerprint density at radius 1 is 0.829 bits per heavy atom. The third kappa shape index (κ3) is 11.5. The number of halogens is 3. The molecule has 2 aromatic carbocycles. The molecule has 1 aliphatic rings. The molecule has 0 saturated carbocycles. The smallest absolute Gasteiger partial charge is 0.350 e. The van der Waals surface area contributed by atoms with E-state index in [0.717, 1.165) is 43.4 Å². The number of carbonyl (C=O) groups excluding carboxylic acids is 2. The van der Waals surface area contributed by atoms with Crippen molar-refractivity contribution in [3.05, 3.63) is 69.3 Å². The number of nitrogens with one attached hydrogen (secondary N) is 2. The number of hydrogen-bond donors (Lipinski definition) is 2. The Hall–Kier alpha value is -2.91. The van der Waals surface area contributed by atoms with Gasteiger partial charge in [-0.25, -0.2) is 0 Å². The molecule has 0 aliphatic carbocycles. The van der Waals surface area contributed by atoms with Crippen LogP contribution in [0.4, 0.5) is 13.2 Å². The summed E-state index contributed by atoms with van der Waals surface area (Å²) < 4.78 is 40.2. The summed E-state index contributed by atoms with van der Waals surface area (Å²) >= 11 is 0. The van der Waals surface area contributed by atoms with E-state index >= 15 is 0 Å². The van der Waals surface area contributed by atoms with Crippen molar-refractivity contribution in [3.8, 4) is 0 Å². The lowest BCUT2D eigenvalue weighted by atomic mass is 9.98. The van der Waals surface area contributed by atoms with Crippen LogP contribution in [0.5, 0.6) is 0 Å². The van der Waals surface area contributed by atoms with Crippen molar-refractivity contribution in [2.75, 3.05) is 33.2 Å². The molecule has 0 unspecified atom stereocenters. The van der Waals surface area contributed by atoms with Crippen LogP contribution >= 0.6 is 0 Å². The molecular formula is C32H51F3N4O2. The van der Waals surface area contributed by atoms with Crippen LogP contribution < -0.4 is 10.6 Å². The Kier molecular flexibility index (Phi) is 15.3. The van der Waals surface area contributed by atoms with Gasteiger partial charge in [-0.2, -0.15) is 13.2 Å². The van der Waals surface area contributed by atoms with E-state index in [1.54, 1.807) is 13.8 Å². The van der Waals surface area contributed by atoms with E-state index in [-0.39, 0.29) is 50.5 Å². The van der Waals surface area contributed by atoms with Crippen molar-refractivity contribution < 1.29 is 22.8 Å². The number of piperazine rings is 1. The first-order valence-corrected chi connectivity index (χ1v) is 13.4. The van der Waals surface area contributed by atoms with Crippen LogP contribution in [0, 0.1) is 20.8 Å². The topological polar surface area (TPSA) is 64.7 Å². The summed E-state index contributed by atoms with van der Waals surface area (Å²) in [6.07, 6.45) is -4.48. The molecule has 0 radical (unpaired) electrons. The molecule has 2 N–H and O–H groups in total. The molecule has 232 valence electrons. The number of carbonyl (C=O) groups is 2. The van der Waals surface area contributed by atoms with Gasteiger partial charge in [0.2, 0.25) is 0 Å². The number of amides is 2. The normalized spacial score (nSPS) is 14.0. The molecule has 0 spiro atoms. The average molecular weight is 581 g/mol. The van der Waals surface area contributed by atoms with E-state index in [4.69, 9.17) is 0 Å². The molecule has 0 bridgehead atoms. The molecule has 2 amide bonds. The standard InChI is InChI=1S/C17H24F3N3O.C13H19NO.2CH4/c1-12(2)21-16(24)13-4-5-14(15(10-13)17(18,19)20)11-23-8-6-22(3)7-9-23;1-8(2)14-13(15)12-7-6-9(3)10(4)11(12)5;;/h4-5,10,12H,6-9,11H2,1-3H3,(H,21,24);6-8H,1-5H3,(H,14,15);2*1H4. The zero-order valence-corrected chi connectivity index (χ0v) is 24.4. The van der Waals surface area contributed by atoms with Crippen molar-refractivity contribution >= 4 is 11.8 Å². The lowest BCUT2D eigenvalue weighted by Crippen LogP contribution is -2.44. The van der Waals surface area contributed by atoms with Crippen LogP contribution in [0.25, 0.3) is 0 Å². The minimum absolute atomic E-state index is 0. The SMILES string of the molecule is C.C.CC(C)NC(=O)c1ccc(CN2CCN(C)CC2)c(C(F)(F)F)c1.Cc1ccc(C(=O)NC(C)C)c(C)c1C. The highest BCUT2D eigenvalue weighted by atomic mass is 19.4. The molecule has 2 aromatic rings. The van der Waals surface area contributed by atoms with Gasteiger partial charge in [0.25, 0.3) is 11.8 Å².